The van der Waals surface area contributed by atoms with Gasteiger partial charge >= 0.3 is 0 Å². The molecule has 0 spiro atoms. The molecule has 0 radical (unpaired) electrons. The van der Waals surface area contributed by atoms with Gasteiger partial charge in [-0.25, -0.2) is 4.98 Å². The lowest BCUT2D eigenvalue weighted by molar-refractivity contribution is 0.660. The van der Waals surface area contributed by atoms with Crippen LogP contribution in [0, 0.1) is 0 Å². The summed E-state index contributed by atoms with van der Waals surface area (Å²) in [5, 5.41) is 10.7. The fourth-order valence-corrected chi connectivity index (χ4v) is 2.02. The quantitative estimate of drug-likeness (QED) is 0.864. The van der Waals surface area contributed by atoms with Crippen molar-refractivity contribution in [2.75, 3.05) is 5.32 Å². The van der Waals surface area contributed by atoms with Gasteiger partial charge in [0.25, 0.3) is 0 Å². The highest BCUT2D eigenvalue weighted by Gasteiger charge is 2.08. The minimum Gasteiger partial charge on any atom is -0.374 e. The van der Waals surface area contributed by atoms with E-state index in [-0.39, 0.29) is 6.04 Å². The van der Waals surface area contributed by atoms with Crippen LogP contribution in [0.15, 0.2) is 24.0 Å². The number of nitrogens with one attached hydrogen (secondary N) is 1. The lowest BCUT2D eigenvalue weighted by Crippen LogP contribution is -2.05. The van der Waals surface area contributed by atoms with Gasteiger partial charge in [0.15, 0.2) is 0 Å². The van der Waals surface area contributed by atoms with Gasteiger partial charge in [0.05, 0.1) is 17.9 Å². The molecule has 0 fully saturated rings. The fourth-order valence-electron chi connectivity index (χ4n) is 1.37. The molecule has 0 saturated heterocycles. The molecule has 0 aliphatic carbocycles. The molecule has 0 aromatic carbocycles. The van der Waals surface area contributed by atoms with E-state index in [1.165, 1.54) is 0 Å². The third-order valence-electron chi connectivity index (χ3n) is 2.16. The van der Waals surface area contributed by atoms with Gasteiger partial charge in [0.1, 0.15) is 5.01 Å². The minimum atomic E-state index is 0.236. The van der Waals surface area contributed by atoms with Gasteiger partial charge in [0, 0.05) is 24.3 Å². The zero-order chi connectivity index (χ0) is 10.7. The largest absolute Gasteiger partial charge is 0.374 e. The molecule has 0 aliphatic rings. The van der Waals surface area contributed by atoms with Gasteiger partial charge < -0.3 is 5.32 Å². The van der Waals surface area contributed by atoms with Crippen molar-refractivity contribution in [3.8, 4) is 0 Å². The summed E-state index contributed by atoms with van der Waals surface area (Å²) in [7, 11) is 0. The van der Waals surface area contributed by atoms with Crippen molar-refractivity contribution in [1.29, 1.82) is 0 Å². The molecule has 2 rings (SSSR count). The molecule has 2 heterocycles. The smallest absolute Gasteiger partial charge is 0.115 e. The molecule has 80 valence electrons. The highest BCUT2D eigenvalue weighted by atomic mass is 32.1. The van der Waals surface area contributed by atoms with Crippen LogP contribution in [0.1, 0.15) is 24.9 Å². The van der Waals surface area contributed by atoms with E-state index in [0.717, 1.165) is 17.2 Å². The Labute approximate surface area is 93.0 Å². The molecule has 0 unspecified atom stereocenters. The van der Waals surface area contributed by atoms with Crippen molar-refractivity contribution < 1.29 is 0 Å². The molecule has 1 atom stereocenters. The Balaban J connectivity index is 2.02. The molecule has 0 aliphatic heterocycles. The van der Waals surface area contributed by atoms with Crippen LogP contribution in [0.3, 0.4) is 0 Å². The van der Waals surface area contributed by atoms with Crippen LogP contribution >= 0.6 is 11.3 Å². The van der Waals surface area contributed by atoms with Crippen molar-refractivity contribution in [2.45, 2.75) is 26.4 Å². The summed E-state index contributed by atoms with van der Waals surface area (Å²) in [6.07, 6.45) is 5.67. The maximum Gasteiger partial charge on any atom is 0.115 e. The number of aryl methyl sites for hydroxylation is 1. The van der Waals surface area contributed by atoms with Crippen LogP contribution in [-0.4, -0.2) is 14.8 Å². The third-order valence-corrected chi connectivity index (χ3v) is 3.12. The second-order valence-electron chi connectivity index (χ2n) is 3.32. The summed E-state index contributed by atoms with van der Waals surface area (Å²) in [6.45, 7) is 5.07. The van der Waals surface area contributed by atoms with E-state index in [1.54, 1.807) is 11.3 Å². The number of aromatic nitrogens is 3. The van der Waals surface area contributed by atoms with Gasteiger partial charge in [-0.05, 0) is 13.8 Å². The van der Waals surface area contributed by atoms with Gasteiger partial charge in [-0.1, -0.05) is 0 Å². The third kappa shape index (κ3) is 2.36. The Hall–Kier alpha value is -1.36. The SMILES string of the molecule is CCn1cc(N[C@@H](C)c2nccs2)cn1. The zero-order valence-electron chi connectivity index (χ0n) is 8.84. The molecule has 1 N–H and O–H groups in total. The number of hydrogen-bond donors (Lipinski definition) is 1. The Morgan fingerprint density at radius 1 is 1.60 bits per heavy atom. The van der Waals surface area contributed by atoms with Crippen molar-refractivity contribution in [3.63, 3.8) is 0 Å². The molecule has 0 saturated carbocycles. The molecular weight excluding hydrogens is 208 g/mol. The molecule has 5 heteroatoms. The number of rotatable bonds is 4. The van der Waals surface area contributed by atoms with Crippen molar-refractivity contribution in [1.82, 2.24) is 14.8 Å². The van der Waals surface area contributed by atoms with Crippen LogP contribution < -0.4 is 5.32 Å². The molecule has 4 nitrogen and oxygen atoms in total. The summed E-state index contributed by atoms with van der Waals surface area (Å²) in [5.74, 6) is 0. The summed E-state index contributed by atoms with van der Waals surface area (Å²) in [6, 6.07) is 0.236. The average molecular weight is 222 g/mol. The van der Waals surface area contributed by atoms with E-state index >= 15 is 0 Å². The van der Waals surface area contributed by atoms with Gasteiger partial charge in [-0.2, -0.15) is 5.10 Å². The second kappa shape index (κ2) is 4.44. The van der Waals surface area contributed by atoms with Crippen LogP contribution in [0.2, 0.25) is 0 Å². The molecular formula is C10H14N4S. The maximum absolute atomic E-state index is 4.27. The van der Waals surface area contributed by atoms with Gasteiger partial charge in [-0.15, -0.1) is 11.3 Å². The van der Waals surface area contributed by atoms with Crippen LogP contribution in [0.5, 0.6) is 0 Å². The highest BCUT2D eigenvalue weighted by molar-refractivity contribution is 7.09. The van der Waals surface area contributed by atoms with Crippen molar-refractivity contribution in [3.05, 3.63) is 29.0 Å². The first-order valence-electron chi connectivity index (χ1n) is 4.98. The summed E-state index contributed by atoms with van der Waals surface area (Å²) in [5.41, 5.74) is 1.04. The maximum atomic E-state index is 4.27. The van der Waals surface area contributed by atoms with Crippen LogP contribution in [-0.2, 0) is 6.54 Å². The molecule has 2 aromatic rings. The van der Waals surface area contributed by atoms with Gasteiger partial charge in [-0.3, -0.25) is 4.68 Å². The fraction of sp³-hybridized carbons (Fsp3) is 0.400. The summed E-state index contributed by atoms with van der Waals surface area (Å²) < 4.78 is 1.90. The lowest BCUT2D eigenvalue weighted by Gasteiger charge is -2.09. The molecule has 15 heavy (non-hydrogen) atoms. The first kappa shape index (κ1) is 10.2. The zero-order valence-corrected chi connectivity index (χ0v) is 9.66. The normalized spacial score (nSPS) is 12.7. The van der Waals surface area contributed by atoms with Crippen LogP contribution in [0.4, 0.5) is 5.69 Å². The number of hydrogen-bond acceptors (Lipinski definition) is 4. The molecule has 2 aromatic heterocycles. The Morgan fingerprint density at radius 2 is 2.47 bits per heavy atom. The first-order chi connectivity index (χ1) is 7.29. The summed E-state index contributed by atoms with van der Waals surface area (Å²) >= 11 is 1.66. The van der Waals surface area contributed by atoms with Crippen LogP contribution in [0.25, 0.3) is 0 Å². The lowest BCUT2D eigenvalue weighted by atomic mass is 10.3. The molecule has 0 amide bonds. The number of nitrogens with zero attached hydrogens (tertiary/aromatic N) is 3. The standard InChI is InChI=1S/C10H14N4S/c1-3-14-7-9(6-12-14)13-8(2)10-11-4-5-15-10/h4-8,13H,3H2,1-2H3/t8-/m0/s1. The number of thiazole rings is 1. The Bertz CT molecular complexity index is 407. The summed E-state index contributed by atoms with van der Waals surface area (Å²) in [4.78, 5) is 4.27. The topological polar surface area (TPSA) is 42.7 Å². The van der Waals surface area contributed by atoms with E-state index < -0.39 is 0 Å². The predicted octanol–water partition coefficient (Wildman–Crippen LogP) is 2.53. The molecule has 0 bridgehead atoms. The van der Waals surface area contributed by atoms with Gasteiger partial charge in [0.2, 0.25) is 0 Å². The van der Waals surface area contributed by atoms with E-state index in [1.807, 2.05) is 28.7 Å². The van der Waals surface area contributed by atoms with E-state index in [0.29, 0.717) is 0 Å². The monoisotopic (exact) mass is 222 g/mol. The highest BCUT2D eigenvalue weighted by Crippen LogP contribution is 2.20. The number of anilines is 1. The van der Waals surface area contributed by atoms with Crippen molar-refractivity contribution >= 4 is 17.0 Å². The van der Waals surface area contributed by atoms with E-state index in [9.17, 15) is 0 Å². The minimum absolute atomic E-state index is 0.236. The van der Waals surface area contributed by atoms with E-state index in [2.05, 4.69) is 29.2 Å². The second-order valence-corrected chi connectivity index (χ2v) is 4.25. The first-order valence-corrected chi connectivity index (χ1v) is 5.86. The Kier molecular flexibility index (Phi) is 3.01. The van der Waals surface area contributed by atoms with Crippen molar-refractivity contribution in [2.24, 2.45) is 0 Å². The predicted molar refractivity (Wildman–Crippen MR) is 62.1 cm³/mol. The Morgan fingerprint density at radius 3 is 3.07 bits per heavy atom. The average Bonchev–Trinajstić information content (AvgIpc) is 2.87. The van der Waals surface area contributed by atoms with E-state index in [4.69, 9.17) is 0 Å².